The Balaban J connectivity index is 2.35. The van der Waals surface area contributed by atoms with Gasteiger partial charge in [-0.15, -0.1) is 6.58 Å². The van der Waals surface area contributed by atoms with Gasteiger partial charge in [-0.05, 0) is 39.8 Å². The minimum atomic E-state index is -0.566. The predicted octanol–water partition coefficient (Wildman–Crippen LogP) is 3.50. The topological polar surface area (TPSA) is 60.2 Å². The summed E-state index contributed by atoms with van der Waals surface area (Å²) in [6, 6.07) is 3.73. The normalized spacial score (nSPS) is 11.1. The largest absolute Gasteiger partial charge is 0.443 e. The fourth-order valence-corrected chi connectivity index (χ4v) is 2.05. The molecule has 6 heteroatoms. The maximum Gasteiger partial charge on any atom is 0.415 e. The molecule has 122 valence electrons. The van der Waals surface area contributed by atoms with Crippen molar-refractivity contribution in [3.05, 3.63) is 49.1 Å². The van der Waals surface area contributed by atoms with Gasteiger partial charge in [-0.3, -0.25) is 9.88 Å². The summed E-state index contributed by atoms with van der Waals surface area (Å²) < 4.78 is 7.16. The fraction of sp³-hybridized carbons (Fsp3) is 0.353. The highest BCUT2D eigenvalue weighted by Crippen LogP contribution is 2.23. The van der Waals surface area contributed by atoms with Gasteiger partial charge < -0.3 is 4.74 Å². The smallest absolute Gasteiger partial charge is 0.415 e. The average molecular weight is 314 g/mol. The van der Waals surface area contributed by atoms with E-state index in [0.29, 0.717) is 12.2 Å². The third-order valence-corrected chi connectivity index (χ3v) is 3.00. The summed E-state index contributed by atoms with van der Waals surface area (Å²) in [5.41, 5.74) is 1.66. The molecule has 0 aromatic carbocycles. The van der Waals surface area contributed by atoms with Crippen LogP contribution in [-0.2, 0) is 4.74 Å². The number of ether oxygens (including phenoxy) is 1. The van der Waals surface area contributed by atoms with E-state index in [0.717, 1.165) is 11.4 Å². The maximum absolute atomic E-state index is 12.5. The van der Waals surface area contributed by atoms with Crippen molar-refractivity contribution in [2.45, 2.75) is 33.3 Å². The summed E-state index contributed by atoms with van der Waals surface area (Å²) >= 11 is 0. The van der Waals surface area contributed by atoms with Crippen LogP contribution in [0.15, 0.2) is 43.4 Å². The third kappa shape index (κ3) is 4.18. The number of carbonyl (C=O) groups excluding carboxylic acids is 1. The van der Waals surface area contributed by atoms with Gasteiger partial charge in [-0.25, -0.2) is 9.48 Å². The highest BCUT2D eigenvalue weighted by Gasteiger charge is 2.25. The molecule has 2 rings (SSSR count). The molecule has 2 heterocycles. The molecule has 0 unspecified atom stereocenters. The van der Waals surface area contributed by atoms with Crippen molar-refractivity contribution >= 4 is 11.8 Å². The lowest BCUT2D eigenvalue weighted by atomic mass is 10.2. The lowest BCUT2D eigenvalue weighted by molar-refractivity contribution is 0.0584. The van der Waals surface area contributed by atoms with E-state index in [1.165, 1.54) is 4.90 Å². The Morgan fingerprint density at radius 1 is 1.48 bits per heavy atom. The first-order valence-electron chi connectivity index (χ1n) is 7.40. The average Bonchev–Trinajstić information content (AvgIpc) is 2.85. The number of hydrogen-bond acceptors (Lipinski definition) is 4. The van der Waals surface area contributed by atoms with Gasteiger partial charge in [0.1, 0.15) is 5.60 Å². The zero-order valence-corrected chi connectivity index (χ0v) is 14.0. The molecule has 1 amide bonds. The first-order valence-corrected chi connectivity index (χ1v) is 7.40. The van der Waals surface area contributed by atoms with Crippen LogP contribution in [0.3, 0.4) is 0 Å². The molecule has 0 fully saturated rings. The van der Waals surface area contributed by atoms with Gasteiger partial charge in [0.25, 0.3) is 0 Å². The number of rotatable bonds is 4. The number of pyridine rings is 1. The lowest BCUT2D eigenvalue weighted by Crippen LogP contribution is -2.37. The van der Waals surface area contributed by atoms with Crippen LogP contribution in [0.1, 0.15) is 26.5 Å². The molecule has 6 nitrogen and oxygen atoms in total. The molecule has 0 saturated carbocycles. The molecule has 2 aromatic rings. The first kappa shape index (κ1) is 16.7. The molecule has 0 radical (unpaired) electrons. The highest BCUT2D eigenvalue weighted by molar-refractivity contribution is 5.88. The number of amides is 1. The molecule has 0 spiro atoms. The molecule has 0 bridgehead atoms. The Morgan fingerprint density at radius 2 is 2.22 bits per heavy atom. The fourth-order valence-electron chi connectivity index (χ4n) is 2.05. The van der Waals surface area contributed by atoms with Gasteiger partial charge >= 0.3 is 6.09 Å². The SMILES string of the molecule is C=CCN(C(=O)OC(C)(C)C)c1cn(-c2cccnc2)nc1C. The Bertz CT molecular complexity index is 686. The Morgan fingerprint density at radius 3 is 2.78 bits per heavy atom. The van der Waals surface area contributed by atoms with E-state index in [1.54, 1.807) is 29.3 Å². The zero-order valence-electron chi connectivity index (χ0n) is 14.0. The van der Waals surface area contributed by atoms with Gasteiger partial charge in [0.15, 0.2) is 0 Å². The molecule has 0 aliphatic heterocycles. The van der Waals surface area contributed by atoms with E-state index in [-0.39, 0.29) is 0 Å². The van der Waals surface area contributed by atoms with Crippen LogP contribution in [0.5, 0.6) is 0 Å². The van der Waals surface area contributed by atoms with Crippen molar-refractivity contribution in [2.24, 2.45) is 0 Å². The number of carbonyl (C=O) groups is 1. The Labute approximate surface area is 136 Å². The van der Waals surface area contributed by atoms with Crippen LogP contribution >= 0.6 is 0 Å². The van der Waals surface area contributed by atoms with Crippen molar-refractivity contribution in [3.8, 4) is 5.69 Å². The lowest BCUT2D eigenvalue weighted by Gasteiger charge is -2.26. The summed E-state index contributed by atoms with van der Waals surface area (Å²) in [6.45, 7) is 11.4. The van der Waals surface area contributed by atoms with Crippen molar-refractivity contribution in [1.82, 2.24) is 14.8 Å². The number of hydrogen-bond donors (Lipinski definition) is 0. The monoisotopic (exact) mass is 314 g/mol. The van der Waals surface area contributed by atoms with Crippen LogP contribution in [0.25, 0.3) is 5.69 Å². The third-order valence-electron chi connectivity index (χ3n) is 3.00. The van der Waals surface area contributed by atoms with Crippen molar-refractivity contribution < 1.29 is 9.53 Å². The van der Waals surface area contributed by atoms with Crippen LogP contribution < -0.4 is 4.90 Å². The summed E-state index contributed by atoms with van der Waals surface area (Å²) in [6.07, 6.45) is 6.43. The van der Waals surface area contributed by atoms with Crippen molar-refractivity contribution in [2.75, 3.05) is 11.4 Å². The van der Waals surface area contributed by atoms with Gasteiger partial charge in [-0.1, -0.05) is 6.08 Å². The summed E-state index contributed by atoms with van der Waals surface area (Å²) in [5, 5.41) is 4.46. The zero-order chi connectivity index (χ0) is 17.0. The summed E-state index contributed by atoms with van der Waals surface area (Å²) in [5.74, 6) is 0. The van der Waals surface area contributed by atoms with E-state index < -0.39 is 11.7 Å². The van der Waals surface area contributed by atoms with Gasteiger partial charge in [0.05, 0.1) is 29.5 Å². The number of aryl methyl sites for hydroxylation is 1. The minimum Gasteiger partial charge on any atom is -0.443 e. The first-order chi connectivity index (χ1) is 10.8. The molecule has 0 saturated heterocycles. The van der Waals surface area contributed by atoms with Crippen LogP contribution in [-0.4, -0.2) is 33.0 Å². The maximum atomic E-state index is 12.5. The quantitative estimate of drug-likeness (QED) is 0.810. The Hall–Kier alpha value is -2.63. The number of anilines is 1. The molecule has 2 aromatic heterocycles. The molecule has 0 aliphatic carbocycles. The molecular weight excluding hydrogens is 292 g/mol. The van der Waals surface area contributed by atoms with E-state index in [1.807, 2.05) is 39.8 Å². The highest BCUT2D eigenvalue weighted by atomic mass is 16.6. The second kappa shape index (κ2) is 6.64. The molecule has 23 heavy (non-hydrogen) atoms. The van der Waals surface area contributed by atoms with Gasteiger partial charge in [0, 0.05) is 12.7 Å². The summed E-state index contributed by atoms with van der Waals surface area (Å²) in [7, 11) is 0. The van der Waals surface area contributed by atoms with E-state index in [4.69, 9.17) is 4.74 Å². The summed E-state index contributed by atoms with van der Waals surface area (Å²) in [4.78, 5) is 18.1. The molecule has 0 aliphatic rings. The van der Waals surface area contributed by atoms with E-state index in [9.17, 15) is 4.79 Å². The van der Waals surface area contributed by atoms with Gasteiger partial charge in [0.2, 0.25) is 0 Å². The van der Waals surface area contributed by atoms with Crippen LogP contribution in [0.2, 0.25) is 0 Å². The van der Waals surface area contributed by atoms with Crippen LogP contribution in [0, 0.1) is 6.92 Å². The van der Waals surface area contributed by atoms with Crippen molar-refractivity contribution in [1.29, 1.82) is 0 Å². The standard InChI is InChI=1S/C17H22N4O2/c1-6-10-20(16(22)23-17(3,4)5)15-12-21(19-13(15)2)14-8-7-9-18-11-14/h6-9,11-12H,1,10H2,2-5H3. The predicted molar refractivity (Wildman–Crippen MR) is 89.9 cm³/mol. The van der Waals surface area contributed by atoms with Gasteiger partial charge in [-0.2, -0.15) is 5.10 Å². The number of aromatic nitrogens is 3. The van der Waals surface area contributed by atoms with E-state index in [2.05, 4.69) is 16.7 Å². The molecular formula is C17H22N4O2. The second-order valence-corrected chi connectivity index (χ2v) is 6.14. The molecule has 0 atom stereocenters. The minimum absolute atomic E-state index is 0.342. The number of nitrogens with zero attached hydrogens (tertiary/aromatic N) is 4. The molecule has 0 N–H and O–H groups in total. The van der Waals surface area contributed by atoms with Crippen LogP contribution in [0.4, 0.5) is 10.5 Å². The van der Waals surface area contributed by atoms with E-state index >= 15 is 0 Å². The van der Waals surface area contributed by atoms with Crippen molar-refractivity contribution in [3.63, 3.8) is 0 Å². The Kier molecular flexibility index (Phi) is 4.83. The second-order valence-electron chi connectivity index (χ2n) is 6.14.